The predicted octanol–water partition coefficient (Wildman–Crippen LogP) is 3.48. The van der Waals surface area contributed by atoms with Crippen LogP contribution in [0.2, 0.25) is 0 Å². The standard InChI is InChI=1S/C14H13N3S2/c1-4-11(17-16-7-1)10-15-14(12-5-2-8-18-12)13-6-3-9-19-13/h1-9,14-15H,10H2. The molecule has 1 N–H and O–H groups in total. The smallest absolute Gasteiger partial charge is 0.0769 e. The zero-order valence-corrected chi connectivity index (χ0v) is 11.8. The molecule has 96 valence electrons. The molecule has 3 rings (SSSR count). The van der Waals surface area contributed by atoms with Crippen molar-refractivity contribution in [3.05, 3.63) is 68.8 Å². The van der Waals surface area contributed by atoms with Gasteiger partial charge in [-0.25, -0.2) is 0 Å². The summed E-state index contributed by atoms with van der Waals surface area (Å²) in [6.07, 6.45) is 1.69. The van der Waals surface area contributed by atoms with Crippen molar-refractivity contribution in [3.8, 4) is 0 Å². The van der Waals surface area contributed by atoms with Gasteiger partial charge in [0.05, 0.1) is 11.7 Å². The van der Waals surface area contributed by atoms with Gasteiger partial charge in [0, 0.05) is 22.5 Å². The first-order chi connectivity index (χ1) is 9.43. The monoisotopic (exact) mass is 287 g/mol. The van der Waals surface area contributed by atoms with Crippen LogP contribution in [0.5, 0.6) is 0 Å². The van der Waals surface area contributed by atoms with Gasteiger partial charge in [0.1, 0.15) is 0 Å². The van der Waals surface area contributed by atoms with E-state index >= 15 is 0 Å². The Balaban J connectivity index is 1.77. The van der Waals surface area contributed by atoms with Crippen LogP contribution >= 0.6 is 22.7 Å². The van der Waals surface area contributed by atoms with Crippen LogP contribution in [0.4, 0.5) is 0 Å². The average Bonchev–Trinajstić information content (AvgIpc) is 3.13. The van der Waals surface area contributed by atoms with Gasteiger partial charge in [-0.05, 0) is 35.0 Å². The molecule has 3 aromatic heterocycles. The number of aromatic nitrogens is 2. The first-order valence-electron chi connectivity index (χ1n) is 6.00. The van der Waals surface area contributed by atoms with Crippen molar-refractivity contribution >= 4 is 22.7 Å². The van der Waals surface area contributed by atoms with Gasteiger partial charge in [-0.15, -0.1) is 22.7 Å². The number of nitrogens with zero attached hydrogens (tertiary/aromatic N) is 2. The summed E-state index contributed by atoms with van der Waals surface area (Å²) < 4.78 is 0. The molecule has 0 amide bonds. The van der Waals surface area contributed by atoms with Crippen molar-refractivity contribution in [1.82, 2.24) is 15.5 Å². The third kappa shape index (κ3) is 3.07. The minimum Gasteiger partial charge on any atom is -0.299 e. The molecule has 0 saturated heterocycles. The molecule has 0 spiro atoms. The molecule has 3 aromatic rings. The number of rotatable bonds is 5. The van der Waals surface area contributed by atoms with Crippen molar-refractivity contribution in [2.24, 2.45) is 0 Å². The van der Waals surface area contributed by atoms with E-state index in [4.69, 9.17) is 0 Å². The zero-order valence-electron chi connectivity index (χ0n) is 10.2. The van der Waals surface area contributed by atoms with Crippen LogP contribution in [0.15, 0.2) is 53.4 Å². The molecule has 19 heavy (non-hydrogen) atoms. The second-order valence-electron chi connectivity index (χ2n) is 4.06. The Labute approximate surface area is 120 Å². The first-order valence-corrected chi connectivity index (χ1v) is 7.76. The average molecular weight is 287 g/mol. The third-order valence-electron chi connectivity index (χ3n) is 2.77. The summed E-state index contributed by atoms with van der Waals surface area (Å²) in [4.78, 5) is 2.65. The number of thiophene rings is 2. The van der Waals surface area contributed by atoms with E-state index in [1.807, 2.05) is 12.1 Å². The Morgan fingerprint density at radius 2 is 1.74 bits per heavy atom. The fourth-order valence-electron chi connectivity index (χ4n) is 1.89. The highest BCUT2D eigenvalue weighted by atomic mass is 32.1. The molecule has 0 fully saturated rings. The molecule has 0 aliphatic carbocycles. The molecule has 0 saturated carbocycles. The molecule has 0 unspecified atom stereocenters. The van der Waals surface area contributed by atoms with Crippen LogP contribution < -0.4 is 5.32 Å². The van der Waals surface area contributed by atoms with Crippen molar-refractivity contribution in [1.29, 1.82) is 0 Å². The maximum absolute atomic E-state index is 4.11. The Hall–Kier alpha value is -1.56. The van der Waals surface area contributed by atoms with Crippen molar-refractivity contribution in [3.63, 3.8) is 0 Å². The van der Waals surface area contributed by atoms with Crippen molar-refractivity contribution in [2.75, 3.05) is 0 Å². The lowest BCUT2D eigenvalue weighted by Gasteiger charge is -2.15. The molecular formula is C14H13N3S2. The quantitative estimate of drug-likeness (QED) is 0.780. The van der Waals surface area contributed by atoms with Gasteiger partial charge < -0.3 is 0 Å². The molecule has 0 atom stereocenters. The van der Waals surface area contributed by atoms with E-state index in [1.165, 1.54) is 9.75 Å². The minimum atomic E-state index is 0.238. The first kappa shape index (κ1) is 12.5. The fourth-order valence-corrected chi connectivity index (χ4v) is 3.60. The predicted molar refractivity (Wildman–Crippen MR) is 79.4 cm³/mol. The molecule has 5 heteroatoms. The lowest BCUT2D eigenvalue weighted by Crippen LogP contribution is -2.21. The summed E-state index contributed by atoms with van der Waals surface area (Å²) in [6.45, 7) is 0.717. The number of hydrogen-bond donors (Lipinski definition) is 1. The molecule has 3 heterocycles. The Morgan fingerprint density at radius 1 is 1.00 bits per heavy atom. The second kappa shape index (κ2) is 6.06. The summed E-state index contributed by atoms with van der Waals surface area (Å²) in [7, 11) is 0. The Kier molecular flexibility index (Phi) is 3.98. The lowest BCUT2D eigenvalue weighted by molar-refractivity contribution is 0.607. The summed E-state index contributed by atoms with van der Waals surface area (Å²) in [5.41, 5.74) is 0.959. The van der Waals surface area contributed by atoms with Crippen LogP contribution in [0, 0.1) is 0 Å². The van der Waals surface area contributed by atoms with Gasteiger partial charge in [0.2, 0.25) is 0 Å². The molecule has 0 bridgehead atoms. The maximum atomic E-state index is 4.11. The summed E-state index contributed by atoms with van der Waals surface area (Å²) in [6, 6.07) is 12.6. The molecule has 0 aromatic carbocycles. The minimum absolute atomic E-state index is 0.238. The van der Waals surface area contributed by atoms with Gasteiger partial charge in [0.25, 0.3) is 0 Å². The van der Waals surface area contributed by atoms with Crippen molar-refractivity contribution in [2.45, 2.75) is 12.6 Å². The lowest BCUT2D eigenvalue weighted by atomic mass is 10.2. The number of nitrogens with one attached hydrogen (secondary N) is 1. The zero-order chi connectivity index (χ0) is 12.9. The van der Waals surface area contributed by atoms with E-state index in [1.54, 1.807) is 28.9 Å². The SMILES string of the molecule is c1cnnc(CNC(c2cccs2)c2cccs2)c1. The molecule has 0 aliphatic rings. The highest BCUT2D eigenvalue weighted by Crippen LogP contribution is 2.29. The van der Waals surface area contributed by atoms with E-state index in [0.29, 0.717) is 6.54 Å². The largest absolute Gasteiger partial charge is 0.299 e. The molecular weight excluding hydrogens is 274 g/mol. The van der Waals surface area contributed by atoms with Gasteiger partial charge in [-0.3, -0.25) is 5.32 Å². The normalized spacial score (nSPS) is 11.0. The van der Waals surface area contributed by atoms with Gasteiger partial charge in [0.15, 0.2) is 0 Å². The molecule has 0 radical (unpaired) electrons. The van der Waals surface area contributed by atoms with E-state index in [-0.39, 0.29) is 6.04 Å². The van der Waals surface area contributed by atoms with Crippen LogP contribution in [0.3, 0.4) is 0 Å². The van der Waals surface area contributed by atoms with Crippen LogP contribution in [0.1, 0.15) is 21.5 Å². The Morgan fingerprint density at radius 3 is 2.26 bits per heavy atom. The maximum Gasteiger partial charge on any atom is 0.0769 e. The summed E-state index contributed by atoms with van der Waals surface area (Å²) >= 11 is 3.55. The van der Waals surface area contributed by atoms with Gasteiger partial charge >= 0.3 is 0 Å². The van der Waals surface area contributed by atoms with E-state index in [9.17, 15) is 0 Å². The highest BCUT2D eigenvalue weighted by molar-refractivity contribution is 7.11. The third-order valence-corrected chi connectivity index (χ3v) is 4.64. The Bertz CT molecular complexity index is 557. The topological polar surface area (TPSA) is 37.8 Å². The molecule has 0 aliphatic heterocycles. The molecule has 3 nitrogen and oxygen atoms in total. The fraction of sp³-hybridized carbons (Fsp3) is 0.143. The van der Waals surface area contributed by atoms with Gasteiger partial charge in [-0.2, -0.15) is 10.2 Å². The van der Waals surface area contributed by atoms with E-state index < -0.39 is 0 Å². The van der Waals surface area contributed by atoms with E-state index in [0.717, 1.165) is 5.69 Å². The van der Waals surface area contributed by atoms with Crippen LogP contribution in [-0.2, 0) is 6.54 Å². The highest BCUT2D eigenvalue weighted by Gasteiger charge is 2.15. The van der Waals surface area contributed by atoms with Gasteiger partial charge in [-0.1, -0.05) is 12.1 Å². The van der Waals surface area contributed by atoms with Crippen LogP contribution in [0.25, 0.3) is 0 Å². The second-order valence-corrected chi connectivity index (χ2v) is 6.02. The van der Waals surface area contributed by atoms with E-state index in [2.05, 4.69) is 50.5 Å². The van der Waals surface area contributed by atoms with Crippen molar-refractivity contribution < 1.29 is 0 Å². The summed E-state index contributed by atoms with van der Waals surface area (Å²) in [5, 5.41) is 15.8. The number of hydrogen-bond acceptors (Lipinski definition) is 5. The van der Waals surface area contributed by atoms with Crippen LogP contribution in [-0.4, -0.2) is 10.2 Å². The summed E-state index contributed by atoms with van der Waals surface area (Å²) in [5.74, 6) is 0.